The summed E-state index contributed by atoms with van der Waals surface area (Å²) in [6, 6.07) is 8.06. The first-order valence-electron chi connectivity index (χ1n) is 11.9. The van der Waals surface area contributed by atoms with Crippen LogP contribution >= 0.6 is 27.5 Å². The monoisotopic (exact) mass is 596 g/mol. The first-order valence-corrected chi connectivity index (χ1v) is 13.1. The number of likely N-dealkylation sites (tertiary alicyclic amines) is 1. The Hall–Kier alpha value is -2.25. The van der Waals surface area contributed by atoms with Crippen molar-refractivity contribution in [2.45, 2.75) is 37.2 Å². The van der Waals surface area contributed by atoms with Crippen molar-refractivity contribution in [2.24, 2.45) is 0 Å². The number of aliphatic hydroxyl groups excluding tert-OH is 4. The van der Waals surface area contributed by atoms with E-state index in [0.29, 0.717) is 27.5 Å². The van der Waals surface area contributed by atoms with E-state index in [0.717, 1.165) is 36.1 Å². The first-order chi connectivity index (χ1) is 17.9. The van der Waals surface area contributed by atoms with Gasteiger partial charge in [0.15, 0.2) is 17.6 Å². The van der Waals surface area contributed by atoms with Crippen molar-refractivity contribution in [3.63, 3.8) is 0 Å². The van der Waals surface area contributed by atoms with E-state index < -0.39 is 31.0 Å². The van der Waals surface area contributed by atoms with Crippen LogP contribution in [-0.4, -0.2) is 93.1 Å². The number of anilines is 2. The number of aliphatic hydroxyl groups is 4. The highest BCUT2D eigenvalue weighted by atomic mass is 79.9. The van der Waals surface area contributed by atoms with E-state index in [4.69, 9.17) is 21.1 Å². The van der Waals surface area contributed by atoms with Gasteiger partial charge in [0.05, 0.1) is 36.9 Å². The van der Waals surface area contributed by atoms with Gasteiger partial charge in [-0.05, 0) is 66.1 Å². The maximum atomic E-state index is 10.9. The maximum absolute atomic E-state index is 10.9. The summed E-state index contributed by atoms with van der Waals surface area (Å²) < 4.78 is 12.2. The molecule has 37 heavy (non-hydrogen) atoms. The van der Waals surface area contributed by atoms with Crippen LogP contribution in [-0.2, 0) is 0 Å². The molecule has 5 N–H and O–H groups in total. The van der Waals surface area contributed by atoms with E-state index in [1.807, 2.05) is 17.0 Å². The predicted molar refractivity (Wildman–Crippen MR) is 144 cm³/mol. The molecule has 10 nitrogen and oxygen atoms in total. The molecular formula is C25H30BrClN4O6. The van der Waals surface area contributed by atoms with Crippen LogP contribution in [0.5, 0.6) is 11.5 Å². The number of benzene rings is 2. The molecular weight excluding hydrogens is 568 g/mol. The number of aromatic nitrogens is 2. The summed E-state index contributed by atoms with van der Waals surface area (Å²) in [6.07, 6.45) is -0.661. The van der Waals surface area contributed by atoms with E-state index in [2.05, 4.69) is 31.2 Å². The first kappa shape index (κ1) is 27.8. The van der Waals surface area contributed by atoms with Crippen molar-refractivity contribution < 1.29 is 29.9 Å². The zero-order chi connectivity index (χ0) is 26.5. The Kier molecular flexibility index (Phi) is 9.41. The van der Waals surface area contributed by atoms with E-state index in [1.54, 1.807) is 18.2 Å². The molecule has 0 aliphatic carbocycles. The average Bonchev–Trinajstić information content (AvgIpc) is 3.43. The van der Waals surface area contributed by atoms with Gasteiger partial charge in [0.25, 0.3) is 0 Å². The fraction of sp³-hybridized carbons (Fsp3) is 0.440. The molecule has 1 aliphatic rings. The lowest BCUT2D eigenvalue weighted by atomic mass is 10.0. The lowest BCUT2D eigenvalue weighted by Crippen LogP contribution is -2.54. The quantitative estimate of drug-likeness (QED) is 0.224. The van der Waals surface area contributed by atoms with Crippen LogP contribution in [0.25, 0.3) is 10.9 Å². The zero-order valence-corrected chi connectivity index (χ0v) is 22.6. The molecule has 4 rings (SSSR count). The van der Waals surface area contributed by atoms with E-state index in [-0.39, 0.29) is 12.4 Å². The highest BCUT2D eigenvalue weighted by Gasteiger charge is 2.37. The Bertz CT molecular complexity index is 1220. The van der Waals surface area contributed by atoms with Gasteiger partial charge in [0, 0.05) is 21.6 Å². The summed E-state index contributed by atoms with van der Waals surface area (Å²) in [5.74, 6) is 1.05. The van der Waals surface area contributed by atoms with Crippen LogP contribution in [0, 0.1) is 0 Å². The van der Waals surface area contributed by atoms with Crippen LogP contribution in [0.4, 0.5) is 11.5 Å². The van der Waals surface area contributed by atoms with E-state index in [1.165, 1.54) is 13.4 Å². The highest BCUT2D eigenvalue weighted by molar-refractivity contribution is 9.10. The van der Waals surface area contributed by atoms with Crippen molar-refractivity contribution in [3.05, 3.63) is 46.2 Å². The summed E-state index contributed by atoms with van der Waals surface area (Å²) in [5, 5.41) is 45.9. The molecule has 0 spiro atoms. The Labute approximate surface area is 228 Å². The molecule has 0 radical (unpaired) electrons. The summed E-state index contributed by atoms with van der Waals surface area (Å²) in [6.45, 7) is 0.547. The summed E-state index contributed by atoms with van der Waals surface area (Å²) in [7, 11) is 1.47. The molecule has 2 aromatic carbocycles. The number of nitrogens with zero attached hydrogens (tertiary/aromatic N) is 3. The number of hydrogen-bond acceptors (Lipinski definition) is 10. The highest BCUT2D eigenvalue weighted by Crippen LogP contribution is 2.36. The van der Waals surface area contributed by atoms with Gasteiger partial charge in [-0.15, -0.1) is 0 Å². The molecule has 1 aromatic heterocycles. The van der Waals surface area contributed by atoms with Gasteiger partial charge in [0.1, 0.15) is 24.4 Å². The molecule has 0 amide bonds. The van der Waals surface area contributed by atoms with E-state index >= 15 is 0 Å². The zero-order valence-electron chi connectivity index (χ0n) is 20.2. The summed E-state index contributed by atoms with van der Waals surface area (Å²) in [4.78, 5) is 10.6. The van der Waals surface area contributed by atoms with Gasteiger partial charge in [-0.25, -0.2) is 9.97 Å². The van der Waals surface area contributed by atoms with Crippen molar-refractivity contribution in [3.8, 4) is 11.5 Å². The van der Waals surface area contributed by atoms with Gasteiger partial charge in [0.2, 0.25) is 0 Å². The number of methoxy groups -OCH3 is 1. The molecule has 1 aliphatic heterocycles. The van der Waals surface area contributed by atoms with Gasteiger partial charge in [-0.2, -0.15) is 0 Å². The largest absolute Gasteiger partial charge is 0.493 e. The standard InChI is InChI=1S/C25H30BrClN4O6/c1-36-20-9-15-18(28-13-29-25(15)30-14-4-5-16(26)17(27)8-14)10-21(20)37-22(12-33)24(35)23(34)19(11-32)31-6-2-3-7-31/h4-5,8-10,13,19,22-24,32-35H,2-3,6-7,11-12H2,1H3,(H,28,29,30)/t19-,22-,23+,24+/m1/s1. The normalized spacial score (nSPS) is 17.4. The molecule has 0 bridgehead atoms. The fourth-order valence-corrected chi connectivity index (χ4v) is 4.89. The van der Waals surface area contributed by atoms with E-state index in [9.17, 15) is 20.4 Å². The van der Waals surface area contributed by atoms with Gasteiger partial charge >= 0.3 is 0 Å². The average molecular weight is 598 g/mol. The minimum absolute atomic E-state index is 0.221. The number of fused-ring (bicyclic) bond motifs is 1. The molecule has 4 atom stereocenters. The van der Waals surface area contributed by atoms with Gasteiger partial charge < -0.3 is 35.2 Å². The molecule has 2 heterocycles. The summed E-state index contributed by atoms with van der Waals surface area (Å²) in [5.41, 5.74) is 1.25. The van der Waals surface area contributed by atoms with Crippen molar-refractivity contribution in [1.82, 2.24) is 14.9 Å². The Balaban J connectivity index is 1.59. The number of ether oxygens (including phenoxy) is 2. The second-order valence-electron chi connectivity index (χ2n) is 8.81. The second kappa shape index (κ2) is 12.5. The number of halogens is 2. The lowest BCUT2D eigenvalue weighted by molar-refractivity contribution is -0.100. The molecule has 3 aromatic rings. The van der Waals surface area contributed by atoms with Gasteiger partial charge in [-0.1, -0.05) is 11.6 Å². The number of hydrogen-bond donors (Lipinski definition) is 5. The second-order valence-corrected chi connectivity index (χ2v) is 10.1. The number of nitrogens with one attached hydrogen (secondary N) is 1. The lowest BCUT2D eigenvalue weighted by Gasteiger charge is -2.35. The molecule has 200 valence electrons. The van der Waals surface area contributed by atoms with Crippen LogP contribution in [0.15, 0.2) is 41.1 Å². The third kappa shape index (κ3) is 6.26. The maximum Gasteiger partial charge on any atom is 0.164 e. The van der Waals surface area contributed by atoms with Crippen LogP contribution in [0.2, 0.25) is 5.02 Å². The minimum atomic E-state index is -1.46. The third-order valence-electron chi connectivity index (χ3n) is 6.48. The smallest absolute Gasteiger partial charge is 0.164 e. The fourth-order valence-electron chi connectivity index (χ4n) is 4.46. The molecule has 1 saturated heterocycles. The molecule has 0 saturated carbocycles. The van der Waals surface area contributed by atoms with Gasteiger partial charge in [-0.3, -0.25) is 4.90 Å². The van der Waals surface area contributed by atoms with Crippen molar-refractivity contribution in [2.75, 3.05) is 38.7 Å². The third-order valence-corrected chi connectivity index (χ3v) is 7.72. The topological polar surface area (TPSA) is 140 Å². The molecule has 12 heteroatoms. The van der Waals surface area contributed by atoms with Crippen LogP contribution in [0.3, 0.4) is 0 Å². The Morgan fingerprint density at radius 3 is 2.46 bits per heavy atom. The molecule has 1 fully saturated rings. The molecule has 0 unspecified atom stereocenters. The SMILES string of the molecule is COc1cc2c(Nc3ccc(Br)c(Cl)c3)ncnc2cc1O[C@H](CO)[C@H](O)[C@@H](O)[C@@H](CO)N1CCCC1. The van der Waals surface area contributed by atoms with Crippen LogP contribution < -0.4 is 14.8 Å². The Morgan fingerprint density at radius 2 is 1.81 bits per heavy atom. The predicted octanol–water partition coefficient (Wildman–Crippen LogP) is 2.72. The van der Waals surface area contributed by atoms with Crippen molar-refractivity contribution in [1.29, 1.82) is 0 Å². The minimum Gasteiger partial charge on any atom is -0.493 e. The summed E-state index contributed by atoms with van der Waals surface area (Å²) >= 11 is 9.58. The van der Waals surface area contributed by atoms with Crippen molar-refractivity contribution >= 4 is 49.9 Å². The number of rotatable bonds is 11. The Morgan fingerprint density at radius 1 is 1.05 bits per heavy atom. The van der Waals surface area contributed by atoms with Crippen LogP contribution in [0.1, 0.15) is 12.8 Å².